The van der Waals surface area contributed by atoms with E-state index >= 15 is 0 Å². The number of nitrogens with one attached hydrogen (secondary N) is 1. The predicted octanol–water partition coefficient (Wildman–Crippen LogP) is 2.73. The number of nitrogens with two attached hydrogens (primary N) is 1. The minimum Gasteiger partial charge on any atom is -0.398 e. The first-order valence-electron chi connectivity index (χ1n) is 5.81. The lowest BCUT2D eigenvalue weighted by Gasteiger charge is -2.10. The van der Waals surface area contributed by atoms with Gasteiger partial charge < -0.3 is 5.73 Å². The summed E-state index contributed by atoms with van der Waals surface area (Å²) in [5, 5.41) is 0.308. The molecule has 0 radical (unpaired) electrons. The van der Waals surface area contributed by atoms with Crippen LogP contribution >= 0.6 is 11.6 Å². The van der Waals surface area contributed by atoms with Crippen molar-refractivity contribution in [2.45, 2.75) is 18.7 Å². The number of benzene rings is 1. The third-order valence-corrected chi connectivity index (χ3v) is 4.55. The Morgan fingerprint density at radius 3 is 2.55 bits per heavy atom. The van der Waals surface area contributed by atoms with Gasteiger partial charge in [-0.3, -0.25) is 4.72 Å². The number of nitrogen functional groups attached to an aromatic ring is 1. The van der Waals surface area contributed by atoms with Crippen LogP contribution in [0.5, 0.6) is 0 Å². The van der Waals surface area contributed by atoms with Gasteiger partial charge in [0.25, 0.3) is 10.0 Å². The average molecular weight is 312 g/mol. The third kappa shape index (κ3) is 3.02. The second-order valence-corrected chi connectivity index (χ2v) is 6.53. The second kappa shape index (κ2) is 5.30. The summed E-state index contributed by atoms with van der Waals surface area (Å²) in [7, 11) is -3.77. The van der Waals surface area contributed by atoms with E-state index in [9.17, 15) is 8.42 Å². The fourth-order valence-corrected chi connectivity index (χ4v) is 2.97. The standard InChI is InChI=1S/C13H14ClN3O2S/c1-8-3-4-16-13(5-8)17-20(18,19)10-6-11(14)9(2)12(15)7-10/h3-7H,15H2,1-2H3,(H,16,17). The summed E-state index contributed by atoms with van der Waals surface area (Å²) in [6, 6.07) is 6.15. The third-order valence-electron chi connectivity index (χ3n) is 2.82. The van der Waals surface area contributed by atoms with Gasteiger partial charge in [-0.2, -0.15) is 0 Å². The van der Waals surface area contributed by atoms with Crippen molar-refractivity contribution in [2.24, 2.45) is 0 Å². The Hall–Kier alpha value is -1.79. The molecule has 0 aliphatic carbocycles. The molecular weight excluding hydrogens is 298 g/mol. The number of halogens is 1. The van der Waals surface area contributed by atoms with Crippen molar-refractivity contribution in [1.82, 2.24) is 4.98 Å². The van der Waals surface area contributed by atoms with Crippen LogP contribution in [0.15, 0.2) is 35.4 Å². The monoisotopic (exact) mass is 311 g/mol. The molecule has 0 saturated carbocycles. The summed E-state index contributed by atoms with van der Waals surface area (Å²) in [4.78, 5) is 3.97. The molecule has 1 aromatic heterocycles. The number of nitrogens with zero attached hydrogens (tertiary/aromatic N) is 1. The molecule has 5 nitrogen and oxygen atoms in total. The Labute approximate surface area is 122 Å². The normalized spacial score (nSPS) is 11.3. The van der Waals surface area contributed by atoms with Gasteiger partial charge in [-0.05, 0) is 49.2 Å². The maximum Gasteiger partial charge on any atom is 0.263 e. The molecule has 0 amide bonds. The molecule has 0 atom stereocenters. The Balaban J connectivity index is 2.41. The molecule has 2 rings (SSSR count). The minimum atomic E-state index is -3.77. The van der Waals surface area contributed by atoms with Crippen LogP contribution in [0.2, 0.25) is 5.02 Å². The molecule has 0 aliphatic rings. The second-order valence-electron chi connectivity index (χ2n) is 4.44. The Morgan fingerprint density at radius 1 is 1.25 bits per heavy atom. The van der Waals surface area contributed by atoms with Crippen molar-refractivity contribution in [3.8, 4) is 0 Å². The van der Waals surface area contributed by atoms with Crippen LogP contribution in [0.1, 0.15) is 11.1 Å². The number of hydrogen-bond acceptors (Lipinski definition) is 4. The molecule has 0 bridgehead atoms. The summed E-state index contributed by atoms with van der Waals surface area (Å²) < 4.78 is 26.9. The van der Waals surface area contributed by atoms with Crippen LogP contribution in [-0.4, -0.2) is 13.4 Å². The Morgan fingerprint density at radius 2 is 1.95 bits per heavy atom. The molecule has 106 valence electrons. The van der Waals surface area contributed by atoms with E-state index < -0.39 is 10.0 Å². The maximum absolute atomic E-state index is 12.3. The Kier molecular flexibility index (Phi) is 3.87. The van der Waals surface area contributed by atoms with Crippen molar-refractivity contribution < 1.29 is 8.42 Å². The van der Waals surface area contributed by atoms with Crippen LogP contribution in [-0.2, 0) is 10.0 Å². The summed E-state index contributed by atoms with van der Waals surface area (Å²) in [5.41, 5.74) is 7.63. The van der Waals surface area contributed by atoms with E-state index in [-0.39, 0.29) is 10.7 Å². The average Bonchev–Trinajstić information content (AvgIpc) is 2.34. The fraction of sp³-hybridized carbons (Fsp3) is 0.154. The van der Waals surface area contributed by atoms with Crippen molar-refractivity contribution >= 4 is 33.1 Å². The lowest BCUT2D eigenvalue weighted by Crippen LogP contribution is -2.14. The van der Waals surface area contributed by atoms with Gasteiger partial charge in [0.05, 0.1) is 4.90 Å². The highest BCUT2D eigenvalue weighted by Gasteiger charge is 2.17. The fourth-order valence-electron chi connectivity index (χ4n) is 1.62. The number of hydrogen-bond donors (Lipinski definition) is 2. The van der Waals surface area contributed by atoms with E-state index in [0.29, 0.717) is 16.3 Å². The molecule has 1 aromatic carbocycles. The van der Waals surface area contributed by atoms with Crippen molar-refractivity contribution in [1.29, 1.82) is 0 Å². The SMILES string of the molecule is Cc1ccnc(NS(=O)(=O)c2cc(N)c(C)c(Cl)c2)c1. The van der Waals surface area contributed by atoms with Gasteiger partial charge in [0.1, 0.15) is 5.82 Å². The zero-order valence-corrected chi connectivity index (χ0v) is 12.6. The summed E-state index contributed by atoms with van der Waals surface area (Å²) in [5.74, 6) is 0.250. The molecule has 0 aliphatic heterocycles. The van der Waals surface area contributed by atoms with E-state index in [2.05, 4.69) is 9.71 Å². The lowest BCUT2D eigenvalue weighted by atomic mass is 10.2. The minimum absolute atomic E-state index is 0.00825. The molecule has 7 heteroatoms. The molecule has 2 aromatic rings. The van der Waals surface area contributed by atoms with Gasteiger partial charge in [0, 0.05) is 16.9 Å². The predicted molar refractivity (Wildman–Crippen MR) is 80.4 cm³/mol. The van der Waals surface area contributed by atoms with E-state index in [0.717, 1.165) is 5.56 Å². The van der Waals surface area contributed by atoms with Crippen molar-refractivity contribution in [3.05, 3.63) is 46.6 Å². The number of pyridine rings is 1. The quantitative estimate of drug-likeness (QED) is 0.853. The first-order chi connectivity index (χ1) is 9.29. The number of rotatable bonds is 3. The first kappa shape index (κ1) is 14.6. The topological polar surface area (TPSA) is 85.1 Å². The van der Waals surface area contributed by atoms with Gasteiger partial charge in [-0.1, -0.05) is 11.6 Å². The first-order valence-corrected chi connectivity index (χ1v) is 7.67. The molecule has 0 unspecified atom stereocenters. The molecular formula is C13H14ClN3O2S. The smallest absolute Gasteiger partial charge is 0.263 e. The van der Waals surface area contributed by atoms with Crippen LogP contribution in [0.25, 0.3) is 0 Å². The van der Waals surface area contributed by atoms with E-state index in [1.807, 2.05) is 6.92 Å². The largest absolute Gasteiger partial charge is 0.398 e. The van der Waals surface area contributed by atoms with Crippen LogP contribution < -0.4 is 10.5 Å². The van der Waals surface area contributed by atoms with Crippen LogP contribution in [0.3, 0.4) is 0 Å². The van der Waals surface area contributed by atoms with Crippen LogP contribution in [0.4, 0.5) is 11.5 Å². The van der Waals surface area contributed by atoms with E-state index in [1.165, 1.54) is 18.3 Å². The summed E-state index contributed by atoms with van der Waals surface area (Å²) in [6.45, 7) is 3.57. The number of aryl methyl sites for hydroxylation is 1. The molecule has 0 spiro atoms. The highest BCUT2D eigenvalue weighted by atomic mass is 35.5. The zero-order valence-electron chi connectivity index (χ0n) is 11.0. The molecule has 3 N–H and O–H groups in total. The molecule has 20 heavy (non-hydrogen) atoms. The number of sulfonamides is 1. The molecule has 0 saturated heterocycles. The van der Waals surface area contributed by atoms with E-state index in [1.54, 1.807) is 19.1 Å². The number of anilines is 2. The highest BCUT2D eigenvalue weighted by Crippen LogP contribution is 2.26. The van der Waals surface area contributed by atoms with Gasteiger partial charge in [0.2, 0.25) is 0 Å². The molecule has 0 fully saturated rings. The number of aromatic nitrogens is 1. The van der Waals surface area contributed by atoms with Gasteiger partial charge >= 0.3 is 0 Å². The highest BCUT2D eigenvalue weighted by molar-refractivity contribution is 7.92. The van der Waals surface area contributed by atoms with Crippen molar-refractivity contribution in [2.75, 3.05) is 10.5 Å². The lowest BCUT2D eigenvalue weighted by molar-refractivity contribution is 0.601. The van der Waals surface area contributed by atoms with Crippen LogP contribution in [0, 0.1) is 13.8 Å². The van der Waals surface area contributed by atoms with Gasteiger partial charge in [-0.15, -0.1) is 0 Å². The molecule has 1 heterocycles. The maximum atomic E-state index is 12.3. The van der Waals surface area contributed by atoms with E-state index in [4.69, 9.17) is 17.3 Å². The van der Waals surface area contributed by atoms with Crippen molar-refractivity contribution in [3.63, 3.8) is 0 Å². The van der Waals surface area contributed by atoms with Gasteiger partial charge in [0.15, 0.2) is 0 Å². The summed E-state index contributed by atoms with van der Waals surface area (Å²) >= 11 is 5.97. The summed E-state index contributed by atoms with van der Waals surface area (Å²) in [6.07, 6.45) is 1.53. The Bertz CT molecular complexity index is 737. The van der Waals surface area contributed by atoms with Gasteiger partial charge in [-0.25, -0.2) is 13.4 Å². The zero-order chi connectivity index (χ0) is 14.9.